The number of halogens is 3. The predicted octanol–water partition coefficient (Wildman–Crippen LogP) is 1.78. The van der Waals surface area contributed by atoms with Crippen molar-refractivity contribution in [3.63, 3.8) is 0 Å². The van der Waals surface area contributed by atoms with E-state index in [1.165, 1.54) is 0 Å². The maximum absolute atomic E-state index is 12.6. The number of rotatable bonds is 8. The highest BCUT2D eigenvalue weighted by Crippen LogP contribution is 2.32. The van der Waals surface area contributed by atoms with Gasteiger partial charge < -0.3 is 10.1 Å². The fraction of sp³-hybridized carbons (Fsp3) is 1.00. The summed E-state index contributed by atoms with van der Waals surface area (Å²) in [5.41, 5.74) is 0. The Labute approximate surface area is 106 Å². The first-order valence-corrected chi connectivity index (χ1v) is 6.54. The van der Waals surface area contributed by atoms with E-state index >= 15 is 0 Å². The normalized spacial score (nSPS) is 22.5. The van der Waals surface area contributed by atoms with E-state index in [0.29, 0.717) is 19.2 Å². The summed E-state index contributed by atoms with van der Waals surface area (Å²) in [6.45, 7) is 0.120. The Hall–Kier alpha value is -0.330. The van der Waals surface area contributed by atoms with Crippen molar-refractivity contribution in [1.29, 1.82) is 0 Å². The molecule has 0 radical (unpaired) electrons. The van der Waals surface area contributed by atoms with Crippen molar-refractivity contribution < 1.29 is 17.9 Å². The van der Waals surface area contributed by atoms with Crippen LogP contribution in [0.4, 0.5) is 13.2 Å². The largest absolute Gasteiger partial charge is 0.401 e. The van der Waals surface area contributed by atoms with Gasteiger partial charge in [-0.3, -0.25) is 4.90 Å². The van der Waals surface area contributed by atoms with Gasteiger partial charge in [-0.05, 0) is 25.7 Å². The van der Waals surface area contributed by atoms with Gasteiger partial charge in [0, 0.05) is 31.8 Å². The summed E-state index contributed by atoms with van der Waals surface area (Å²) in [7, 11) is 1.54. The van der Waals surface area contributed by atoms with Crippen LogP contribution in [0.3, 0.4) is 0 Å². The molecule has 0 saturated heterocycles. The Kier molecular flexibility index (Phi) is 4.50. The molecule has 0 aromatic rings. The summed E-state index contributed by atoms with van der Waals surface area (Å²) in [4.78, 5) is 1.57. The summed E-state index contributed by atoms with van der Waals surface area (Å²) in [5.74, 6) is 0. The molecule has 3 nitrogen and oxygen atoms in total. The van der Waals surface area contributed by atoms with Crippen LogP contribution in [0.25, 0.3) is 0 Å². The maximum atomic E-state index is 12.6. The zero-order chi connectivity index (χ0) is 13.2. The number of nitrogens with zero attached hydrogens (tertiary/aromatic N) is 1. The molecule has 6 heteroatoms. The van der Waals surface area contributed by atoms with Gasteiger partial charge >= 0.3 is 6.18 Å². The fourth-order valence-corrected chi connectivity index (χ4v) is 2.22. The smallest absolute Gasteiger partial charge is 0.383 e. The summed E-state index contributed by atoms with van der Waals surface area (Å²) in [6.07, 6.45) is -0.0988. The van der Waals surface area contributed by atoms with Crippen molar-refractivity contribution in [2.24, 2.45) is 0 Å². The molecule has 0 bridgehead atoms. The molecule has 0 heterocycles. The van der Waals surface area contributed by atoms with E-state index in [0.717, 1.165) is 25.7 Å². The first-order valence-electron chi connectivity index (χ1n) is 6.54. The van der Waals surface area contributed by atoms with Gasteiger partial charge in [-0.25, -0.2) is 0 Å². The Morgan fingerprint density at radius 1 is 1.28 bits per heavy atom. The lowest BCUT2D eigenvalue weighted by Gasteiger charge is -2.32. The Morgan fingerprint density at radius 3 is 2.39 bits per heavy atom. The molecular formula is C12H21F3N2O. The molecule has 2 rings (SSSR count). The highest BCUT2D eigenvalue weighted by atomic mass is 19.4. The van der Waals surface area contributed by atoms with Crippen molar-refractivity contribution in [2.45, 2.75) is 50.0 Å². The van der Waals surface area contributed by atoms with Crippen LogP contribution < -0.4 is 5.32 Å². The van der Waals surface area contributed by atoms with Gasteiger partial charge in [0.25, 0.3) is 0 Å². The maximum Gasteiger partial charge on any atom is 0.401 e. The molecule has 18 heavy (non-hydrogen) atoms. The lowest BCUT2D eigenvalue weighted by Crippen LogP contribution is -2.50. The van der Waals surface area contributed by atoms with Crippen molar-refractivity contribution in [1.82, 2.24) is 10.2 Å². The molecule has 2 aliphatic rings. The van der Waals surface area contributed by atoms with Crippen LogP contribution in [0, 0.1) is 0 Å². The minimum absolute atomic E-state index is 0.0905. The number of hydrogen-bond acceptors (Lipinski definition) is 3. The molecule has 0 aliphatic heterocycles. The summed E-state index contributed by atoms with van der Waals surface area (Å²) < 4.78 is 42.9. The summed E-state index contributed by atoms with van der Waals surface area (Å²) in [6, 6.07) is 0.425. The molecule has 1 unspecified atom stereocenters. The monoisotopic (exact) mass is 266 g/mol. The van der Waals surface area contributed by atoms with Crippen molar-refractivity contribution in [3.05, 3.63) is 0 Å². The topological polar surface area (TPSA) is 24.5 Å². The van der Waals surface area contributed by atoms with Crippen LogP contribution in [0.5, 0.6) is 0 Å². The van der Waals surface area contributed by atoms with Gasteiger partial charge in [-0.15, -0.1) is 0 Å². The molecule has 2 saturated carbocycles. The second-order valence-electron chi connectivity index (χ2n) is 5.31. The first-order chi connectivity index (χ1) is 8.49. The van der Waals surface area contributed by atoms with Gasteiger partial charge in [0.05, 0.1) is 13.2 Å². The predicted molar refractivity (Wildman–Crippen MR) is 62.5 cm³/mol. The number of hydrogen-bond donors (Lipinski definition) is 1. The molecule has 106 valence electrons. The SMILES string of the molecule is COCC(CNC1CC1)N(CC(F)(F)F)C1CC1. The zero-order valence-corrected chi connectivity index (χ0v) is 10.7. The quantitative estimate of drug-likeness (QED) is 0.725. The molecule has 2 fully saturated rings. The Bertz CT molecular complexity index is 265. The molecule has 1 atom stereocenters. The average Bonchev–Trinajstić information content (AvgIpc) is 3.14. The van der Waals surface area contributed by atoms with Crippen LogP contribution in [0.1, 0.15) is 25.7 Å². The van der Waals surface area contributed by atoms with Gasteiger partial charge in [-0.1, -0.05) is 0 Å². The van der Waals surface area contributed by atoms with Crippen LogP contribution in [-0.4, -0.2) is 56.0 Å². The number of nitrogens with one attached hydrogen (secondary N) is 1. The molecule has 0 aromatic carbocycles. The molecule has 0 spiro atoms. The second-order valence-corrected chi connectivity index (χ2v) is 5.31. The second kappa shape index (κ2) is 5.75. The van der Waals surface area contributed by atoms with E-state index in [2.05, 4.69) is 5.32 Å². The van der Waals surface area contributed by atoms with Crippen molar-refractivity contribution in [3.8, 4) is 0 Å². The lowest BCUT2D eigenvalue weighted by molar-refractivity contribution is -0.154. The lowest BCUT2D eigenvalue weighted by atomic mass is 10.2. The molecule has 1 N–H and O–H groups in total. The minimum Gasteiger partial charge on any atom is -0.383 e. The van der Waals surface area contributed by atoms with Crippen LogP contribution >= 0.6 is 0 Å². The highest BCUT2D eigenvalue weighted by molar-refractivity contribution is 4.92. The molecule has 2 aliphatic carbocycles. The van der Waals surface area contributed by atoms with E-state index in [9.17, 15) is 13.2 Å². The van der Waals surface area contributed by atoms with E-state index in [1.54, 1.807) is 12.0 Å². The number of ether oxygens (including phenoxy) is 1. The van der Waals surface area contributed by atoms with Gasteiger partial charge in [0.1, 0.15) is 0 Å². The third-order valence-electron chi connectivity index (χ3n) is 3.43. The van der Waals surface area contributed by atoms with Gasteiger partial charge in [0.2, 0.25) is 0 Å². The number of alkyl halides is 3. The summed E-state index contributed by atoms with van der Waals surface area (Å²) in [5, 5.41) is 3.30. The standard InChI is InChI=1S/C12H21F3N2O/c1-18-7-11(6-16-9-2-3-9)17(10-4-5-10)8-12(13,14)15/h9-11,16H,2-8H2,1H3. The average molecular weight is 266 g/mol. The Balaban J connectivity index is 1.89. The molecule has 0 aromatic heterocycles. The van der Waals surface area contributed by atoms with E-state index in [4.69, 9.17) is 4.74 Å². The molecule has 0 amide bonds. The van der Waals surface area contributed by atoms with Crippen LogP contribution in [0.2, 0.25) is 0 Å². The van der Waals surface area contributed by atoms with Gasteiger partial charge in [0.15, 0.2) is 0 Å². The Morgan fingerprint density at radius 2 is 1.94 bits per heavy atom. The van der Waals surface area contributed by atoms with E-state index in [1.807, 2.05) is 0 Å². The van der Waals surface area contributed by atoms with Crippen LogP contribution in [-0.2, 0) is 4.74 Å². The summed E-state index contributed by atoms with van der Waals surface area (Å²) >= 11 is 0. The van der Waals surface area contributed by atoms with Crippen LogP contribution in [0.15, 0.2) is 0 Å². The third-order valence-corrected chi connectivity index (χ3v) is 3.43. The minimum atomic E-state index is -4.13. The zero-order valence-electron chi connectivity index (χ0n) is 10.7. The fourth-order valence-electron chi connectivity index (χ4n) is 2.22. The highest BCUT2D eigenvalue weighted by Gasteiger charge is 2.41. The van der Waals surface area contributed by atoms with E-state index in [-0.39, 0.29) is 12.1 Å². The number of methoxy groups -OCH3 is 1. The van der Waals surface area contributed by atoms with Crippen molar-refractivity contribution >= 4 is 0 Å². The van der Waals surface area contributed by atoms with Crippen molar-refractivity contribution in [2.75, 3.05) is 26.8 Å². The van der Waals surface area contributed by atoms with Gasteiger partial charge in [-0.2, -0.15) is 13.2 Å². The van der Waals surface area contributed by atoms with E-state index < -0.39 is 12.7 Å². The molecular weight excluding hydrogens is 245 g/mol. The third kappa shape index (κ3) is 4.74. The first kappa shape index (κ1) is 14.1.